The van der Waals surface area contributed by atoms with Crippen molar-refractivity contribution in [2.75, 3.05) is 5.75 Å². The summed E-state index contributed by atoms with van der Waals surface area (Å²) in [5.74, 6) is 0.348. The summed E-state index contributed by atoms with van der Waals surface area (Å²) in [7, 11) is 0. The average Bonchev–Trinajstić information content (AvgIpc) is 2.69. The molecule has 7 heteroatoms. The summed E-state index contributed by atoms with van der Waals surface area (Å²) in [6.45, 7) is 5.57. The van der Waals surface area contributed by atoms with Crippen LogP contribution in [0.2, 0.25) is 0 Å². The number of aryl methyl sites for hydroxylation is 2. The zero-order valence-corrected chi connectivity index (χ0v) is 12.7. The van der Waals surface area contributed by atoms with Crippen molar-refractivity contribution in [3.63, 3.8) is 0 Å². The number of nitrogens with one attached hydrogen (secondary N) is 1. The molecular formula is C13H20N2O4S. The van der Waals surface area contributed by atoms with Crippen LogP contribution >= 0.6 is 11.8 Å². The lowest BCUT2D eigenvalue weighted by Gasteiger charge is -2.13. The third-order valence-corrected chi connectivity index (χ3v) is 3.83. The van der Waals surface area contributed by atoms with Gasteiger partial charge in [0.05, 0.1) is 11.4 Å². The number of hydrogen-bond donors (Lipinski definition) is 2. The van der Waals surface area contributed by atoms with E-state index in [1.807, 2.05) is 20.8 Å². The highest BCUT2D eigenvalue weighted by molar-refractivity contribution is 7.99. The van der Waals surface area contributed by atoms with Gasteiger partial charge >= 0.3 is 5.97 Å². The Morgan fingerprint density at radius 3 is 2.65 bits per heavy atom. The van der Waals surface area contributed by atoms with Gasteiger partial charge in [0.25, 0.3) is 0 Å². The van der Waals surface area contributed by atoms with Gasteiger partial charge in [-0.2, -0.15) is 0 Å². The quantitative estimate of drug-likeness (QED) is 0.761. The second kappa shape index (κ2) is 7.94. The largest absolute Gasteiger partial charge is 0.480 e. The van der Waals surface area contributed by atoms with Crippen molar-refractivity contribution in [2.45, 2.75) is 45.4 Å². The second-order valence-electron chi connectivity index (χ2n) is 4.54. The summed E-state index contributed by atoms with van der Waals surface area (Å²) >= 11 is 1.41. The summed E-state index contributed by atoms with van der Waals surface area (Å²) in [6.07, 6.45) is 1.15. The molecule has 0 bridgehead atoms. The highest BCUT2D eigenvalue weighted by atomic mass is 32.2. The number of aromatic nitrogens is 1. The van der Waals surface area contributed by atoms with Gasteiger partial charge in [0.15, 0.2) is 0 Å². The molecule has 6 nitrogen and oxygen atoms in total. The van der Waals surface area contributed by atoms with Crippen LogP contribution in [0.4, 0.5) is 0 Å². The van der Waals surface area contributed by atoms with Gasteiger partial charge in [-0.25, -0.2) is 4.79 Å². The number of nitrogens with zero attached hydrogens (tertiary/aromatic N) is 1. The minimum absolute atomic E-state index is 0.220. The fourth-order valence-electron chi connectivity index (χ4n) is 1.74. The Labute approximate surface area is 122 Å². The Morgan fingerprint density at radius 1 is 1.45 bits per heavy atom. The molecule has 0 spiro atoms. The average molecular weight is 300 g/mol. The number of carboxylic acids is 1. The molecule has 1 amide bonds. The lowest BCUT2D eigenvalue weighted by Crippen LogP contribution is -2.41. The van der Waals surface area contributed by atoms with Crippen molar-refractivity contribution in [3.05, 3.63) is 17.0 Å². The Morgan fingerprint density at radius 2 is 2.15 bits per heavy atom. The van der Waals surface area contributed by atoms with Gasteiger partial charge < -0.3 is 14.9 Å². The van der Waals surface area contributed by atoms with Crippen molar-refractivity contribution >= 4 is 23.6 Å². The maximum atomic E-state index is 11.7. The van der Waals surface area contributed by atoms with Crippen LogP contribution in [0.3, 0.4) is 0 Å². The summed E-state index contributed by atoms with van der Waals surface area (Å²) in [5, 5.41) is 15.3. The van der Waals surface area contributed by atoms with Crippen LogP contribution in [0.5, 0.6) is 0 Å². The van der Waals surface area contributed by atoms with Crippen molar-refractivity contribution in [1.82, 2.24) is 10.5 Å². The summed E-state index contributed by atoms with van der Waals surface area (Å²) in [4.78, 5) is 22.6. The Hall–Kier alpha value is -1.50. The molecule has 2 N–H and O–H groups in total. The van der Waals surface area contributed by atoms with Crippen LogP contribution in [0, 0.1) is 13.8 Å². The number of rotatable bonds is 8. The minimum Gasteiger partial charge on any atom is -0.480 e. The maximum Gasteiger partial charge on any atom is 0.326 e. The van der Waals surface area contributed by atoms with Crippen LogP contribution < -0.4 is 5.32 Å². The third kappa shape index (κ3) is 4.88. The number of amides is 1. The number of carbonyl (C=O) groups is 2. The first-order valence-electron chi connectivity index (χ1n) is 6.47. The lowest BCUT2D eigenvalue weighted by atomic mass is 10.2. The van der Waals surface area contributed by atoms with E-state index < -0.39 is 12.0 Å². The molecule has 0 saturated carbocycles. The van der Waals surface area contributed by atoms with E-state index in [9.17, 15) is 9.59 Å². The fraction of sp³-hybridized carbons (Fsp3) is 0.615. The molecule has 0 aliphatic heterocycles. The van der Waals surface area contributed by atoms with Crippen molar-refractivity contribution in [1.29, 1.82) is 0 Å². The first-order valence-corrected chi connectivity index (χ1v) is 7.62. The van der Waals surface area contributed by atoms with E-state index in [1.165, 1.54) is 11.8 Å². The zero-order chi connectivity index (χ0) is 15.1. The molecule has 1 aromatic rings. The first-order chi connectivity index (χ1) is 9.45. The van der Waals surface area contributed by atoms with Crippen LogP contribution in [0.1, 0.15) is 36.8 Å². The van der Waals surface area contributed by atoms with Gasteiger partial charge in [-0.05, 0) is 20.3 Å². The van der Waals surface area contributed by atoms with Gasteiger partial charge in [0.2, 0.25) is 5.91 Å². The van der Waals surface area contributed by atoms with Gasteiger partial charge in [-0.15, -0.1) is 11.8 Å². The molecule has 20 heavy (non-hydrogen) atoms. The smallest absolute Gasteiger partial charge is 0.326 e. The standard InChI is InChI=1S/C13H20N2O4S/c1-4-5-11(13(17)18)14-12(16)7-20-6-10-8(2)15-19-9(10)3/h11H,4-7H2,1-3H3,(H,14,16)(H,17,18). The van der Waals surface area contributed by atoms with Crippen molar-refractivity contribution in [3.8, 4) is 0 Å². The summed E-state index contributed by atoms with van der Waals surface area (Å²) in [6, 6.07) is -0.799. The van der Waals surface area contributed by atoms with Gasteiger partial charge in [-0.1, -0.05) is 18.5 Å². The number of carboxylic acid groups (broad SMARTS) is 1. The van der Waals surface area contributed by atoms with Crippen molar-refractivity contribution in [2.24, 2.45) is 0 Å². The minimum atomic E-state index is -0.990. The molecule has 1 rings (SSSR count). The van der Waals surface area contributed by atoms with E-state index in [1.54, 1.807) is 0 Å². The molecule has 1 heterocycles. The molecule has 0 aliphatic carbocycles. The molecular weight excluding hydrogens is 280 g/mol. The SMILES string of the molecule is CCCC(NC(=O)CSCc1c(C)noc1C)C(=O)O. The highest BCUT2D eigenvalue weighted by Gasteiger charge is 2.18. The van der Waals surface area contributed by atoms with Crippen LogP contribution in [-0.4, -0.2) is 33.9 Å². The highest BCUT2D eigenvalue weighted by Crippen LogP contribution is 2.19. The third-order valence-electron chi connectivity index (χ3n) is 2.87. The molecule has 0 fully saturated rings. The Kier molecular flexibility index (Phi) is 6.57. The monoisotopic (exact) mass is 300 g/mol. The van der Waals surface area contributed by atoms with Crippen LogP contribution in [-0.2, 0) is 15.3 Å². The molecule has 112 valence electrons. The number of thioether (sulfide) groups is 1. The van der Waals surface area contributed by atoms with Gasteiger partial charge in [-0.3, -0.25) is 4.79 Å². The van der Waals surface area contributed by atoms with Gasteiger partial charge in [0, 0.05) is 11.3 Å². The normalized spacial score (nSPS) is 12.2. The molecule has 1 atom stereocenters. The topological polar surface area (TPSA) is 92.4 Å². The molecule has 0 aliphatic rings. The van der Waals surface area contributed by atoms with Crippen LogP contribution in [0.25, 0.3) is 0 Å². The molecule has 0 aromatic carbocycles. The van der Waals surface area contributed by atoms with Gasteiger partial charge in [0.1, 0.15) is 11.8 Å². The van der Waals surface area contributed by atoms with Crippen molar-refractivity contribution < 1.29 is 19.2 Å². The van der Waals surface area contributed by atoms with E-state index in [4.69, 9.17) is 9.63 Å². The summed E-state index contributed by atoms with van der Waals surface area (Å²) in [5.41, 5.74) is 1.82. The predicted molar refractivity (Wildman–Crippen MR) is 76.6 cm³/mol. The maximum absolute atomic E-state index is 11.7. The Bertz CT molecular complexity index is 453. The molecule has 0 saturated heterocycles. The van der Waals surface area contributed by atoms with E-state index in [-0.39, 0.29) is 11.7 Å². The number of hydrogen-bond acceptors (Lipinski definition) is 5. The van der Waals surface area contributed by atoms with Crippen LogP contribution in [0.15, 0.2) is 4.52 Å². The molecule has 0 radical (unpaired) electrons. The van der Waals surface area contributed by atoms with E-state index in [0.717, 1.165) is 17.0 Å². The second-order valence-corrected chi connectivity index (χ2v) is 5.53. The zero-order valence-electron chi connectivity index (χ0n) is 11.9. The first kappa shape index (κ1) is 16.6. The molecule has 1 unspecified atom stereocenters. The fourth-order valence-corrected chi connectivity index (χ4v) is 2.72. The lowest BCUT2D eigenvalue weighted by molar-refractivity contribution is -0.141. The number of carbonyl (C=O) groups excluding carboxylic acids is 1. The van der Waals surface area contributed by atoms with E-state index in [0.29, 0.717) is 18.6 Å². The van der Waals surface area contributed by atoms with E-state index in [2.05, 4.69) is 10.5 Å². The molecule has 1 aromatic heterocycles. The Balaban J connectivity index is 2.38. The summed E-state index contributed by atoms with van der Waals surface area (Å²) < 4.78 is 5.04. The predicted octanol–water partition coefficient (Wildman–Crippen LogP) is 1.89. The number of aliphatic carboxylic acids is 1. The van der Waals surface area contributed by atoms with E-state index >= 15 is 0 Å².